The van der Waals surface area contributed by atoms with Crippen molar-refractivity contribution >= 4 is 33.1 Å². The Labute approximate surface area is 179 Å². The molecule has 8 heteroatoms. The van der Waals surface area contributed by atoms with E-state index in [2.05, 4.69) is 33.0 Å². The first kappa shape index (κ1) is 19.1. The summed E-state index contributed by atoms with van der Waals surface area (Å²) in [6, 6.07) is 6.91. The molecule has 0 radical (unpaired) electrons. The summed E-state index contributed by atoms with van der Waals surface area (Å²) in [7, 11) is 1.73. The average Bonchev–Trinajstić information content (AvgIpc) is 3.33. The number of hydrogen-bond donors (Lipinski definition) is 0. The van der Waals surface area contributed by atoms with Gasteiger partial charge >= 0.3 is 0 Å². The molecule has 2 fully saturated rings. The fourth-order valence-electron chi connectivity index (χ4n) is 5.10. The van der Waals surface area contributed by atoms with Crippen LogP contribution >= 0.6 is 11.3 Å². The van der Waals surface area contributed by atoms with E-state index in [1.165, 1.54) is 17.0 Å². The molecule has 0 bridgehead atoms. The Hall–Kier alpha value is -2.92. The Morgan fingerprint density at radius 2 is 2.10 bits per heavy atom. The standard InChI is InChI=1S/C22H24N6OS/c1-13-10-16(4-7-24-13)28-9-5-15-12-27(8-6-18(15)28)20-17(11-23)21(29)26(3)22-19(20)25-14(2)30-22/h4,7,10,15,18H,5-6,8-9,12H2,1-3H3/t15-,18+/m1/s1. The number of nitrogens with zero attached hydrogens (tertiary/aromatic N) is 6. The number of rotatable bonds is 2. The molecule has 0 amide bonds. The number of thiazole rings is 1. The zero-order valence-electron chi connectivity index (χ0n) is 17.4. The van der Waals surface area contributed by atoms with Gasteiger partial charge in [-0.05, 0) is 44.7 Å². The summed E-state index contributed by atoms with van der Waals surface area (Å²) < 4.78 is 1.57. The normalized spacial score (nSPS) is 21.1. The molecule has 2 atom stereocenters. The van der Waals surface area contributed by atoms with E-state index in [0.717, 1.165) is 59.2 Å². The van der Waals surface area contributed by atoms with Gasteiger partial charge in [0, 0.05) is 50.3 Å². The lowest BCUT2D eigenvalue weighted by Gasteiger charge is -2.40. The minimum absolute atomic E-state index is 0.216. The second-order valence-corrected chi connectivity index (χ2v) is 9.47. The molecule has 2 aliphatic heterocycles. The summed E-state index contributed by atoms with van der Waals surface area (Å²) in [6.45, 7) is 6.66. The van der Waals surface area contributed by atoms with E-state index in [1.807, 2.05) is 20.0 Å². The smallest absolute Gasteiger partial charge is 0.271 e. The van der Waals surface area contributed by atoms with Crippen LogP contribution in [0.25, 0.3) is 10.3 Å². The second kappa shape index (κ2) is 7.10. The monoisotopic (exact) mass is 420 g/mol. The lowest BCUT2D eigenvalue weighted by molar-refractivity contribution is 0.396. The van der Waals surface area contributed by atoms with Gasteiger partial charge < -0.3 is 14.4 Å². The van der Waals surface area contributed by atoms with Crippen molar-refractivity contribution < 1.29 is 0 Å². The van der Waals surface area contributed by atoms with E-state index in [4.69, 9.17) is 4.98 Å². The highest BCUT2D eigenvalue weighted by Crippen LogP contribution is 2.39. The molecular formula is C22H24N6OS. The van der Waals surface area contributed by atoms with Crippen molar-refractivity contribution in [2.24, 2.45) is 13.0 Å². The SMILES string of the molecule is Cc1cc(N2CC[C@@H]3CN(c4c(C#N)c(=O)n(C)c5sc(C)nc45)CC[C@@H]32)ccn1. The van der Waals surface area contributed by atoms with Gasteiger partial charge in [-0.25, -0.2) is 4.98 Å². The van der Waals surface area contributed by atoms with Crippen molar-refractivity contribution in [1.29, 1.82) is 5.26 Å². The number of pyridine rings is 2. The van der Waals surface area contributed by atoms with Crippen molar-refractivity contribution in [3.63, 3.8) is 0 Å². The lowest BCUT2D eigenvalue weighted by Crippen LogP contribution is -2.47. The third kappa shape index (κ3) is 2.88. The van der Waals surface area contributed by atoms with E-state index in [9.17, 15) is 10.1 Å². The van der Waals surface area contributed by atoms with Gasteiger partial charge in [0.2, 0.25) is 0 Å². The molecule has 3 aromatic rings. The largest absolute Gasteiger partial charge is 0.368 e. The Bertz CT molecular complexity index is 1240. The molecule has 0 saturated carbocycles. The molecule has 0 N–H and O–H groups in total. The quantitative estimate of drug-likeness (QED) is 0.634. The maximum Gasteiger partial charge on any atom is 0.271 e. The predicted molar refractivity (Wildman–Crippen MR) is 119 cm³/mol. The molecule has 5 rings (SSSR count). The maximum absolute atomic E-state index is 12.9. The minimum atomic E-state index is -0.230. The van der Waals surface area contributed by atoms with Crippen LogP contribution in [0, 0.1) is 31.1 Å². The fraction of sp³-hybridized carbons (Fsp3) is 0.455. The molecule has 154 valence electrons. The van der Waals surface area contributed by atoms with Gasteiger partial charge in [0.1, 0.15) is 22.0 Å². The van der Waals surface area contributed by atoms with Crippen LogP contribution in [0.5, 0.6) is 0 Å². The number of hydrogen-bond acceptors (Lipinski definition) is 7. The number of fused-ring (bicyclic) bond motifs is 2. The zero-order chi connectivity index (χ0) is 21.0. The molecule has 0 spiro atoms. The highest BCUT2D eigenvalue weighted by atomic mass is 32.1. The Kier molecular flexibility index (Phi) is 4.51. The highest BCUT2D eigenvalue weighted by Gasteiger charge is 2.39. The predicted octanol–water partition coefficient (Wildman–Crippen LogP) is 2.98. The summed E-state index contributed by atoms with van der Waals surface area (Å²) in [5, 5.41) is 10.7. The van der Waals surface area contributed by atoms with Crippen LogP contribution in [-0.4, -0.2) is 40.2 Å². The average molecular weight is 421 g/mol. The number of aryl methyl sites for hydroxylation is 3. The molecule has 5 heterocycles. The third-order valence-corrected chi connectivity index (χ3v) is 7.52. The van der Waals surface area contributed by atoms with Crippen LogP contribution in [0.4, 0.5) is 11.4 Å². The van der Waals surface area contributed by atoms with E-state index < -0.39 is 0 Å². The first-order valence-electron chi connectivity index (χ1n) is 10.3. The topological polar surface area (TPSA) is 78.0 Å². The summed E-state index contributed by atoms with van der Waals surface area (Å²) in [5.74, 6) is 0.498. The fourth-order valence-corrected chi connectivity index (χ4v) is 5.98. The molecule has 3 aromatic heterocycles. The molecule has 0 aromatic carbocycles. The highest BCUT2D eigenvalue weighted by molar-refractivity contribution is 7.18. The van der Waals surface area contributed by atoms with Crippen molar-refractivity contribution in [2.45, 2.75) is 32.7 Å². The first-order valence-corrected chi connectivity index (χ1v) is 11.1. The van der Waals surface area contributed by atoms with Gasteiger partial charge in [0.05, 0.1) is 10.7 Å². The molecule has 2 aliphatic rings. The van der Waals surface area contributed by atoms with Gasteiger partial charge in [0.15, 0.2) is 0 Å². The van der Waals surface area contributed by atoms with Crippen molar-refractivity contribution in [3.8, 4) is 6.07 Å². The van der Waals surface area contributed by atoms with Crippen molar-refractivity contribution in [3.05, 3.63) is 44.9 Å². The van der Waals surface area contributed by atoms with Gasteiger partial charge in [-0.2, -0.15) is 5.26 Å². The minimum Gasteiger partial charge on any atom is -0.368 e. The van der Waals surface area contributed by atoms with Gasteiger partial charge in [-0.1, -0.05) is 0 Å². The van der Waals surface area contributed by atoms with Gasteiger partial charge in [0.25, 0.3) is 5.56 Å². The van der Waals surface area contributed by atoms with Crippen LogP contribution in [0.3, 0.4) is 0 Å². The lowest BCUT2D eigenvalue weighted by atomic mass is 9.92. The molecular weight excluding hydrogens is 396 g/mol. The van der Waals surface area contributed by atoms with Crippen LogP contribution in [0.2, 0.25) is 0 Å². The molecule has 0 aliphatic carbocycles. The maximum atomic E-state index is 12.9. The van der Waals surface area contributed by atoms with Crippen LogP contribution < -0.4 is 15.4 Å². The van der Waals surface area contributed by atoms with Crippen molar-refractivity contribution in [2.75, 3.05) is 29.4 Å². The van der Waals surface area contributed by atoms with Crippen LogP contribution in [-0.2, 0) is 7.05 Å². The summed E-state index contributed by atoms with van der Waals surface area (Å²) >= 11 is 1.51. The van der Waals surface area contributed by atoms with Crippen molar-refractivity contribution in [1.82, 2.24) is 14.5 Å². The summed E-state index contributed by atoms with van der Waals surface area (Å²) in [5.41, 5.74) is 3.78. The third-order valence-electron chi connectivity index (χ3n) is 6.48. The first-order chi connectivity index (χ1) is 14.5. The Morgan fingerprint density at radius 1 is 1.27 bits per heavy atom. The van der Waals surface area contributed by atoms with E-state index in [0.29, 0.717) is 12.0 Å². The van der Waals surface area contributed by atoms with Crippen LogP contribution in [0.1, 0.15) is 29.1 Å². The number of aromatic nitrogens is 3. The van der Waals surface area contributed by atoms with Gasteiger partial charge in [-0.15, -0.1) is 11.3 Å². The van der Waals surface area contributed by atoms with E-state index in [1.54, 1.807) is 11.6 Å². The zero-order valence-corrected chi connectivity index (χ0v) is 18.2. The van der Waals surface area contributed by atoms with Crippen LogP contribution in [0.15, 0.2) is 23.1 Å². The molecule has 30 heavy (non-hydrogen) atoms. The molecule has 7 nitrogen and oxygen atoms in total. The Morgan fingerprint density at radius 3 is 2.87 bits per heavy atom. The second-order valence-electron chi connectivity index (χ2n) is 8.29. The number of anilines is 2. The van der Waals surface area contributed by atoms with E-state index in [-0.39, 0.29) is 11.1 Å². The molecule has 0 unspecified atom stereocenters. The molecule has 2 saturated heterocycles. The summed E-state index contributed by atoms with van der Waals surface area (Å²) in [6.07, 6.45) is 3.98. The summed E-state index contributed by atoms with van der Waals surface area (Å²) in [4.78, 5) is 27.5. The number of piperidine rings is 1. The van der Waals surface area contributed by atoms with E-state index >= 15 is 0 Å². The number of nitriles is 1. The Balaban J connectivity index is 1.51. The van der Waals surface area contributed by atoms with Gasteiger partial charge in [-0.3, -0.25) is 9.78 Å².